The molecule has 1 aromatic rings. The second-order valence-corrected chi connectivity index (χ2v) is 6.63. The highest BCUT2D eigenvalue weighted by molar-refractivity contribution is 8.01. The Morgan fingerprint density at radius 2 is 2.07 bits per heavy atom. The average molecular weight is 243 g/mol. The van der Waals surface area contributed by atoms with Gasteiger partial charge in [-0.1, -0.05) is 36.4 Å². The van der Waals surface area contributed by atoms with E-state index in [0.29, 0.717) is 5.13 Å². The van der Waals surface area contributed by atoms with Gasteiger partial charge >= 0.3 is 0 Å². The van der Waals surface area contributed by atoms with Gasteiger partial charge < -0.3 is 5.73 Å². The summed E-state index contributed by atoms with van der Waals surface area (Å²) >= 11 is 3.37. The zero-order chi connectivity index (χ0) is 10.7. The quantitative estimate of drug-likeness (QED) is 0.886. The Hall–Kier alpha value is -0.290. The first kappa shape index (κ1) is 11.2. The van der Waals surface area contributed by atoms with Crippen molar-refractivity contribution in [1.29, 1.82) is 0 Å². The van der Waals surface area contributed by atoms with Gasteiger partial charge in [0.1, 0.15) is 0 Å². The van der Waals surface area contributed by atoms with Crippen LogP contribution in [0.5, 0.6) is 0 Å². The molecule has 3 nitrogen and oxygen atoms in total. The van der Waals surface area contributed by atoms with Crippen LogP contribution in [-0.2, 0) is 0 Å². The van der Waals surface area contributed by atoms with Crippen molar-refractivity contribution in [2.75, 3.05) is 5.73 Å². The molecule has 0 bridgehead atoms. The normalized spacial score (nSPS) is 26.7. The summed E-state index contributed by atoms with van der Waals surface area (Å²) in [6.07, 6.45) is 6.74. The SMILES string of the molecule is CCC1CCC(Sc2nnc(N)s2)CC1. The number of thioether (sulfide) groups is 1. The summed E-state index contributed by atoms with van der Waals surface area (Å²) in [5.41, 5.74) is 5.56. The molecule has 0 saturated heterocycles. The lowest BCUT2D eigenvalue weighted by molar-refractivity contribution is 0.356. The highest BCUT2D eigenvalue weighted by Crippen LogP contribution is 2.37. The Morgan fingerprint density at radius 1 is 1.33 bits per heavy atom. The molecule has 2 N–H and O–H groups in total. The van der Waals surface area contributed by atoms with E-state index < -0.39 is 0 Å². The van der Waals surface area contributed by atoms with E-state index in [1.807, 2.05) is 11.8 Å². The van der Waals surface area contributed by atoms with Crippen LogP contribution in [0.3, 0.4) is 0 Å². The van der Waals surface area contributed by atoms with Crippen LogP contribution in [0.25, 0.3) is 0 Å². The molecular weight excluding hydrogens is 226 g/mol. The molecule has 0 unspecified atom stereocenters. The van der Waals surface area contributed by atoms with E-state index >= 15 is 0 Å². The van der Waals surface area contributed by atoms with Crippen molar-refractivity contribution in [2.45, 2.75) is 48.6 Å². The third kappa shape index (κ3) is 3.08. The van der Waals surface area contributed by atoms with Crippen LogP contribution in [0.2, 0.25) is 0 Å². The number of hydrogen-bond acceptors (Lipinski definition) is 5. The van der Waals surface area contributed by atoms with Crippen LogP contribution in [0.1, 0.15) is 39.0 Å². The van der Waals surface area contributed by atoms with Crippen molar-refractivity contribution in [3.8, 4) is 0 Å². The molecule has 0 aliphatic heterocycles. The maximum absolute atomic E-state index is 5.56. The first-order valence-corrected chi connectivity index (χ1v) is 7.23. The van der Waals surface area contributed by atoms with Gasteiger partial charge in [0.25, 0.3) is 0 Å². The fourth-order valence-corrected chi connectivity index (χ4v) is 4.15. The van der Waals surface area contributed by atoms with Gasteiger partial charge in [-0.3, -0.25) is 0 Å². The van der Waals surface area contributed by atoms with Crippen molar-refractivity contribution in [1.82, 2.24) is 10.2 Å². The Labute approximate surface area is 98.9 Å². The van der Waals surface area contributed by atoms with E-state index in [-0.39, 0.29) is 0 Å². The lowest BCUT2D eigenvalue weighted by Crippen LogP contribution is -2.15. The Balaban J connectivity index is 1.82. The smallest absolute Gasteiger partial charge is 0.203 e. The number of hydrogen-bond donors (Lipinski definition) is 1. The highest BCUT2D eigenvalue weighted by Gasteiger charge is 2.21. The molecule has 0 aromatic carbocycles. The van der Waals surface area contributed by atoms with Gasteiger partial charge in [-0.15, -0.1) is 10.2 Å². The van der Waals surface area contributed by atoms with Crippen molar-refractivity contribution < 1.29 is 0 Å². The molecule has 1 fully saturated rings. The number of nitrogens with zero attached hydrogens (tertiary/aromatic N) is 2. The molecule has 1 saturated carbocycles. The molecule has 84 valence electrons. The molecule has 1 aliphatic carbocycles. The van der Waals surface area contributed by atoms with Gasteiger partial charge in [0.05, 0.1) is 0 Å². The van der Waals surface area contributed by atoms with Crippen molar-refractivity contribution in [2.24, 2.45) is 5.92 Å². The number of nitrogens with two attached hydrogens (primary N) is 1. The molecule has 2 rings (SSSR count). The van der Waals surface area contributed by atoms with E-state index in [0.717, 1.165) is 15.5 Å². The van der Waals surface area contributed by atoms with Gasteiger partial charge in [0.2, 0.25) is 5.13 Å². The van der Waals surface area contributed by atoms with Crippen molar-refractivity contribution in [3.05, 3.63) is 0 Å². The maximum atomic E-state index is 5.56. The number of rotatable bonds is 3. The first-order chi connectivity index (χ1) is 7.28. The third-order valence-corrected chi connectivity index (χ3v) is 5.23. The van der Waals surface area contributed by atoms with E-state index in [1.165, 1.54) is 43.4 Å². The molecule has 1 heterocycles. The molecule has 5 heteroatoms. The zero-order valence-electron chi connectivity index (χ0n) is 8.98. The minimum atomic E-state index is 0.583. The second kappa shape index (κ2) is 5.16. The summed E-state index contributed by atoms with van der Waals surface area (Å²) < 4.78 is 1.03. The predicted molar refractivity (Wildman–Crippen MR) is 66.2 cm³/mol. The topological polar surface area (TPSA) is 51.8 Å². The molecule has 1 aliphatic rings. The first-order valence-electron chi connectivity index (χ1n) is 5.53. The van der Waals surface area contributed by atoms with Gasteiger partial charge in [-0.25, -0.2) is 0 Å². The summed E-state index contributed by atoms with van der Waals surface area (Å²) in [6.45, 7) is 2.30. The lowest BCUT2D eigenvalue weighted by atomic mass is 9.87. The fraction of sp³-hybridized carbons (Fsp3) is 0.800. The van der Waals surface area contributed by atoms with Crippen LogP contribution in [0, 0.1) is 5.92 Å². The number of anilines is 1. The summed E-state index contributed by atoms with van der Waals surface area (Å²) in [4.78, 5) is 0. The summed E-state index contributed by atoms with van der Waals surface area (Å²) in [7, 11) is 0. The number of nitrogen functional groups attached to an aromatic ring is 1. The van der Waals surface area contributed by atoms with Gasteiger partial charge in [-0.2, -0.15) is 0 Å². The Bertz CT molecular complexity index is 305. The molecule has 15 heavy (non-hydrogen) atoms. The molecular formula is C10H17N3S2. The monoisotopic (exact) mass is 243 g/mol. The van der Waals surface area contributed by atoms with Crippen molar-refractivity contribution >= 4 is 28.2 Å². The van der Waals surface area contributed by atoms with E-state index in [4.69, 9.17) is 5.73 Å². The third-order valence-electron chi connectivity index (χ3n) is 3.06. The van der Waals surface area contributed by atoms with E-state index in [2.05, 4.69) is 17.1 Å². The molecule has 0 radical (unpaired) electrons. The number of aromatic nitrogens is 2. The minimum absolute atomic E-state index is 0.583. The Kier molecular flexibility index (Phi) is 3.86. The maximum Gasteiger partial charge on any atom is 0.203 e. The van der Waals surface area contributed by atoms with Crippen LogP contribution < -0.4 is 5.73 Å². The van der Waals surface area contributed by atoms with Crippen LogP contribution >= 0.6 is 23.1 Å². The molecule has 1 aromatic heterocycles. The predicted octanol–water partition coefficient (Wildman–Crippen LogP) is 3.18. The zero-order valence-corrected chi connectivity index (χ0v) is 10.6. The summed E-state index contributed by atoms with van der Waals surface area (Å²) in [5, 5.41) is 9.21. The average Bonchev–Trinajstić information content (AvgIpc) is 2.65. The van der Waals surface area contributed by atoms with Crippen LogP contribution in [0.4, 0.5) is 5.13 Å². The lowest BCUT2D eigenvalue weighted by Gasteiger charge is -2.26. The second-order valence-electron chi connectivity index (χ2n) is 4.08. The van der Waals surface area contributed by atoms with Gasteiger partial charge in [0.15, 0.2) is 4.34 Å². The van der Waals surface area contributed by atoms with E-state index in [9.17, 15) is 0 Å². The largest absolute Gasteiger partial charge is 0.374 e. The van der Waals surface area contributed by atoms with E-state index in [1.54, 1.807) is 0 Å². The summed E-state index contributed by atoms with van der Waals surface area (Å²) in [6, 6.07) is 0. The molecule has 0 atom stereocenters. The minimum Gasteiger partial charge on any atom is -0.374 e. The van der Waals surface area contributed by atoms with Gasteiger partial charge in [-0.05, 0) is 31.6 Å². The van der Waals surface area contributed by atoms with Crippen LogP contribution in [0.15, 0.2) is 4.34 Å². The highest BCUT2D eigenvalue weighted by atomic mass is 32.2. The summed E-state index contributed by atoms with van der Waals surface area (Å²) in [5.74, 6) is 0.960. The van der Waals surface area contributed by atoms with Gasteiger partial charge in [0, 0.05) is 5.25 Å². The Morgan fingerprint density at radius 3 is 2.60 bits per heavy atom. The fourth-order valence-electron chi connectivity index (χ4n) is 2.07. The molecule has 0 spiro atoms. The molecule has 0 amide bonds. The standard InChI is InChI=1S/C10H17N3S2/c1-2-7-3-5-8(6-4-7)14-10-13-12-9(11)15-10/h7-8H,2-6H2,1H3,(H2,11,12). The van der Waals surface area contributed by atoms with Crippen LogP contribution in [-0.4, -0.2) is 15.4 Å². The van der Waals surface area contributed by atoms with Crippen molar-refractivity contribution in [3.63, 3.8) is 0 Å².